The van der Waals surface area contributed by atoms with E-state index in [0.717, 1.165) is 10.0 Å². The Hall–Kier alpha value is -1.80. The summed E-state index contributed by atoms with van der Waals surface area (Å²) >= 11 is 3.43. The summed E-state index contributed by atoms with van der Waals surface area (Å²) in [5.74, 6) is -0.203. The van der Waals surface area contributed by atoms with Gasteiger partial charge in [0.2, 0.25) is 0 Å². The summed E-state index contributed by atoms with van der Waals surface area (Å²) in [6, 6.07) is 3.48. The van der Waals surface area contributed by atoms with Crippen molar-refractivity contribution >= 4 is 27.8 Å². The lowest BCUT2D eigenvalue weighted by molar-refractivity contribution is -0.136. The van der Waals surface area contributed by atoms with Gasteiger partial charge in [-0.05, 0) is 45.4 Å². The van der Waals surface area contributed by atoms with Gasteiger partial charge in [0.1, 0.15) is 0 Å². The number of carboxylic acid groups (broad SMARTS) is 1. The first kappa shape index (κ1) is 21.2. The van der Waals surface area contributed by atoms with E-state index in [1.165, 1.54) is 0 Å². The van der Waals surface area contributed by atoms with Crippen molar-refractivity contribution in [3.05, 3.63) is 22.2 Å². The number of carbonyl (C=O) groups excluding carboxylic acids is 1. The summed E-state index contributed by atoms with van der Waals surface area (Å²) in [4.78, 5) is 22.5. The molecule has 0 saturated heterocycles. The van der Waals surface area contributed by atoms with Gasteiger partial charge in [-0.1, -0.05) is 15.9 Å². The maximum atomic E-state index is 11.9. The van der Waals surface area contributed by atoms with Gasteiger partial charge in [0.15, 0.2) is 18.1 Å². The van der Waals surface area contributed by atoms with Crippen molar-refractivity contribution in [1.29, 1.82) is 0 Å². The Morgan fingerprint density at radius 3 is 2.40 bits per heavy atom. The predicted octanol–water partition coefficient (Wildman–Crippen LogP) is 2.32. The minimum atomic E-state index is -0.925. The van der Waals surface area contributed by atoms with Crippen molar-refractivity contribution in [2.24, 2.45) is 0 Å². The third-order valence-electron chi connectivity index (χ3n) is 2.88. The molecule has 1 amide bonds. The molecule has 0 aliphatic rings. The summed E-state index contributed by atoms with van der Waals surface area (Å²) in [6.45, 7) is 8.07. The van der Waals surface area contributed by atoms with Crippen molar-refractivity contribution in [3.8, 4) is 11.5 Å². The lowest BCUT2D eigenvalue weighted by Gasteiger charge is -2.21. The molecule has 1 aromatic carbocycles. The van der Waals surface area contributed by atoms with Gasteiger partial charge in [-0.25, -0.2) is 0 Å². The van der Waals surface area contributed by atoms with Gasteiger partial charge >= 0.3 is 5.97 Å². The molecule has 8 heteroatoms. The molecule has 0 spiro atoms. The minimum absolute atomic E-state index is 0.125. The number of hydrogen-bond donors (Lipinski definition) is 3. The third kappa shape index (κ3) is 8.22. The van der Waals surface area contributed by atoms with Gasteiger partial charge in [0.05, 0.1) is 13.2 Å². The molecular weight excluding hydrogens is 392 g/mol. The fourth-order valence-corrected chi connectivity index (χ4v) is 2.46. The van der Waals surface area contributed by atoms with Crippen LogP contribution >= 0.6 is 15.9 Å². The number of amides is 1. The fourth-order valence-electron chi connectivity index (χ4n) is 2.00. The van der Waals surface area contributed by atoms with Crippen LogP contribution < -0.4 is 20.1 Å². The van der Waals surface area contributed by atoms with Crippen LogP contribution in [0.2, 0.25) is 0 Å². The molecule has 0 bridgehead atoms. The first-order chi connectivity index (χ1) is 11.6. The largest absolute Gasteiger partial charge is 0.490 e. The fraction of sp³-hybridized carbons (Fsp3) is 0.529. The highest BCUT2D eigenvalue weighted by Crippen LogP contribution is 2.34. The second-order valence-corrected chi connectivity index (χ2v) is 7.26. The molecule has 0 unspecified atom stereocenters. The van der Waals surface area contributed by atoms with E-state index in [1.807, 2.05) is 27.7 Å². The maximum absolute atomic E-state index is 11.9. The van der Waals surface area contributed by atoms with Crippen LogP contribution in [0.1, 0.15) is 33.3 Å². The molecule has 1 aromatic rings. The normalized spacial score (nSPS) is 11.1. The van der Waals surface area contributed by atoms with Gasteiger partial charge in [0.25, 0.3) is 5.91 Å². The summed E-state index contributed by atoms with van der Waals surface area (Å²) in [6.07, 6.45) is 0. The number of nitrogens with one attached hydrogen (secondary N) is 2. The molecule has 0 saturated carbocycles. The van der Waals surface area contributed by atoms with Gasteiger partial charge in [-0.3, -0.25) is 9.59 Å². The molecule has 0 aliphatic heterocycles. The van der Waals surface area contributed by atoms with Crippen LogP contribution in [0.25, 0.3) is 0 Å². The standard InChI is InChI=1S/C17H25BrN2O5/c1-5-24-13-6-11(8-19-9-16(22)23)12(18)7-14(13)25-10-15(21)20-17(2,3)4/h6-7,19H,5,8-10H2,1-4H3,(H,20,21)(H,22,23). The van der Waals surface area contributed by atoms with Crippen LogP contribution in [0.3, 0.4) is 0 Å². The van der Waals surface area contributed by atoms with Crippen LogP contribution in [0.5, 0.6) is 11.5 Å². The molecular formula is C17H25BrN2O5. The monoisotopic (exact) mass is 416 g/mol. The second kappa shape index (κ2) is 9.62. The molecule has 25 heavy (non-hydrogen) atoms. The number of ether oxygens (including phenoxy) is 2. The van der Waals surface area contributed by atoms with E-state index in [9.17, 15) is 9.59 Å². The zero-order valence-corrected chi connectivity index (χ0v) is 16.5. The topological polar surface area (TPSA) is 96.9 Å². The Kier molecular flexibility index (Phi) is 8.18. The quantitative estimate of drug-likeness (QED) is 0.571. The SMILES string of the molecule is CCOc1cc(CNCC(=O)O)c(Br)cc1OCC(=O)NC(C)(C)C. The van der Waals surface area contributed by atoms with E-state index < -0.39 is 5.97 Å². The van der Waals surface area contributed by atoms with Crippen molar-refractivity contribution in [2.45, 2.75) is 39.8 Å². The molecule has 0 atom stereocenters. The first-order valence-electron chi connectivity index (χ1n) is 7.94. The summed E-state index contributed by atoms with van der Waals surface area (Å²) in [5.41, 5.74) is 0.500. The highest BCUT2D eigenvalue weighted by Gasteiger charge is 2.16. The van der Waals surface area contributed by atoms with Crippen LogP contribution in [0.4, 0.5) is 0 Å². The number of carboxylic acids is 1. The lowest BCUT2D eigenvalue weighted by Crippen LogP contribution is -2.43. The van der Waals surface area contributed by atoms with Gasteiger partial charge in [-0.2, -0.15) is 0 Å². The zero-order valence-electron chi connectivity index (χ0n) is 14.9. The summed E-state index contributed by atoms with van der Waals surface area (Å²) in [5, 5.41) is 14.3. The number of halogens is 1. The Balaban J connectivity index is 2.82. The lowest BCUT2D eigenvalue weighted by atomic mass is 10.1. The van der Waals surface area contributed by atoms with Crippen molar-refractivity contribution < 1.29 is 24.2 Å². The number of rotatable bonds is 9. The van der Waals surface area contributed by atoms with Crippen LogP contribution in [0.15, 0.2) is 16.6 Å². The van der Waals surface area contributed by atoms with Crippen molar-refractivity contribution in [2.75, 3.05) is 19.8 Å². The highest BCUT2D eigenvalue weighted by molar-refractivity contribution is 9.10. The molecule has 140 valence electrons. The number of carbonyl (C=O) groups is 2. The van der Waals surface area contributed by atoms with E-state index >= 15 is 0 Å². The third-order valence-corrected chi connectivity index (χ3v) is 3.62. The van der Waals surface area contributed by atoms with Gasteiger partial charge in [0, 0.05) is 16.6 Å². The van der Waals surface area contributed by atoms with Gasteiger partial charge in [-0.15, -0.1) is 0 Å². The smallest absolute Gasteiger partial charge is 0.317 e. The summed E-state index contributed by atoms with van der Waals surface area (Å²) < 4.78 is 11.9. The molecule has 0 radical (unpaired) electrons. The first-order valence-corrected chi connectivity index (χ1v) is 8.73. The minimum Gasteiger partial charge on any atom is -0.490 e. The Labute approximate surface area is 156 Å². The summed E-state index contributed by atoms with van der Waals surface area (Å²) in [7, 11) is 0. The average molecular weight is 417 g/mol. The maximum Gasteiger partial charge on any atom is 0.317 e. The van der Waals surface area contributed by atoms with E-state index in [-0.39, 0.29) is 24.6 Å². The molecule has 0 aliphatic carbocycles. The molecule has 1 rings (SSSR count). The molecule has 7 nitrogen and oxygen atoms in total. The van der Waals surface area contributed by atoms with E-state index in [2.05, 4.69) is 26.6 Å². The van der Waals surface area contributed by atoms with E-state index in [0.29, 0.717) is 24.7 Å². The number of aliphatic carboxylic acids is 1. The molecule has 0 fully saturated rings. The van der Waals surface area contributed by atoms with Crippen molar-refractivity contribution in [3.63, 3.8) is 0 Å². The number of hydrogen-bond acceptors (Lipinski definition) is 5. The van der Waals surface area contributed by atoms with E-state index in [1.54, 1.807) is 12.1 Å². The van der Waals surface area contributed by atoms with E-state index in [4.69, 9.17) is 14.6 Å². The second-order valence-electron chi connectivity index (χ2n) is 6.41. The average Bonchev–Trinajstić information content (AvgIpc) is 2.46. The van der Waals surface area contributed by atoms with Crippen LogP contribution in [-0.4, -0.2) is 42.3 Å². The van der Waals surface area contributed by atoms with Crippen molar-refractivity contribution in [1.82, 2.24) is 10.6 Å². The van der Waals surface area contributed by atoms with Gasteiger partial charge < -0.3 is 25.2 Å². The predicted molar refractivity (Wildman–Crippen MR) is 98.0 cm³/mol. The Morgan fingerprint density at radius 1 is 1.20 bits per heavy atom. The van der Waals surface area contributed by atoms with Crippen LogP contribution in [0, 0.1) is 0 Å². The molecule has 3 N–H and O–H groups in total. The molecule has 0 heterocycles. The Morgan fingerprint density at radius 2 is 1.84 bits per heavy atom. The Bertz CT molecular complexity index is 614. The zero-order chi connectivity index (χ0) is 19.0. The molecule has 0 aromatic heterocycles. The van der Waals surface area contributed by atoms with Crippen LogP contribution in [-0.2, 0) is 16.1 Å². The number of benzene rings is 1. The highest BCUT2D eigenvalue weighted by atomic mass is 79.9.